The van der Waals surface area contributed by atoms with Crippen LogP contribution in [0.2, 0.25) is 10.1 Å². The molecule has 2 aliphatic heterocycles. The lowest BCUT2D eigenvalue weighted by molar-refractivity contribution is -0.122. The molecule has 3 atom stereocenters. The monoisotopic (exact) mass is 388 g/mol. The molecule has 0 saturated carbocycles. The van der Waals surface area contributed by atoms with E-state index in [1.54, 1.807) is 6.26 Å². The van der Waals surface area contributed by atoms with E-state index in [9.17, 15) is 0 Å². The quantitative estimate of drug-likeness (QED) is 0.512. The fourth-order valence-corrected chi connectivity index (χ4v) is 9.16. The van der Waals surface area contributed by atoms with E-state index in [1.807, 2.05) is 36.4 Å². The van der Waals surface area contributed by atoms with Crippen LogP contribution >= 0.6 is 0 Å². The van der Waals surface area contributed by atoms with Gasteiger partial charge in [0.05, 0.1) is 12.9 Å². The van der Waals surface area contributed by atoms with Crippen LogP contribution in [0.25, 0.3) is 5.76 Å². The van der Waals surface area contributed by atoms with Crippen LogP contribution in [-0.2, 0) is 18.3 Å². The predicted molar refractivity (Wildman–Crippen MR) is 110 cm³/mol. The molecule has 5 heteroatoms. The Morgan fingerprint density at radius 1 is 1.07 bits per heavy atom. The molecule has 2 aliphatic rings. The van der Waals surface area contributed by atoms with Gasteiger partial charge in [-0.25, -0.2) is 0 Å². The minimum atomic E-state index is -2.59. The zero-order chi connectivity index (χ0) is 19.9. The standard InChI is InChI=1S/C22H32O4Si/c1-16(17-11-9-8-10-12-17)25-18-13-14-23-19-15-24-27(21(2,3)4,22(5,6)7)26-20(18)19/h8-14,18-20H,1,15H2,2-7H3/t18-,19-,20+/m1/s1. The highest BCUT2D eigenvalue weighted by Gasteiger charge is 2.63. The molecule has 0 amide bonds. The SMILES string of the molecule is C=C(O[C@@H]1C=CO[C@@H]2CO[Si](C(C)(C)C)(C(C)(C)C)O[C@@H]12)c1ccccc1. The molecule has 0 spiro atoms. The summed E-state index contributed by atoms with van der Waals surface area (Å²) < 4.78 is 25.4. The lowest BCUT2D eigenvalue weighted by Crippen LogP contribution is -2.67. The van der Waals surface area contributed by atoms with Crippen LogP contribution in [0.1, 0.15) is 47.1 Å². The van der Waals surface area contributed by atoms with E-state index in [-0.39, 0.29) is 28.4 Å². The molecular formula is C22H32O4Si. The van der Waals surface area contributed by atoms with Gasteiger partial charge in [0.1, 0.15) is 24.1 Å². The molecule has 2 heterocycles. The maximum Gasteiger partial charge on any atom is 0.349 e. The summed E-state index contributed by atoms with van der Waals surface area (Å²) in [5.41, 5.74) is 0.969. The molecule has 27 heavy (non-hydrogen) atoms. The normalized spacial score (nSPS) is 27.4. The second kappa shape index (κ2) is 7.11. The van der Waals surface area contributed by atoms with Gasteiger partial charge in [0, 0.05) is 15.6 Å². The fraction of sp³-hybridized carbons (Fsp3) is 0.545. The third-order valence-electron chi connectivity index (χ3n) is 5.31. The lowest BCUT2D eigenvalue weighted by Gasteiger charge is -2.55. The third kappa shape index (κ3) is 3.73. The van der Waals surface area contributed by atoms with Gasteiger partial charge in [-0.3, -0.25) is 0 Å². The van der Waals surface area contributed by atoms with E-state index < -0.39 is 8.56 Å². The third-order valence-corrected chi connectivity index (χ3v) is 10.4. The van der Waals surface area contributed by atoms with Crippen molar-refractivity contribution in [2.75, 3.05) is 6.61 Å². The Bertz CT molecular complexity index is 685. The Labute approximate surface area is 164 Å². The van der Waals surface area contributed by atoms with Gasteiger partial charge in [-0.15, -0.1) is 0 Å². The molecule has 4 nitrogen and oxygen atoms in total. The first kappa shape index (κ1) is 20.2. The number of hydrogen-bond acceptors (Lipinski definition) is 4. The molecule has 0 unspecified atom stereocenters. The molecule has 1 fully saturated rings. The Balaban J connectivity index is 1.86. The van der Waals surface area contributed by atoms with E-state index in [0.29, 0.717) is 12.4 Å². The number of fused-ring (bicyclic) bond motifs is 1. The molecule has 0 aromatic heterocycles. The summed E-state index contributed by atoms with van der Waals surface area (Å²) >= 11 is 0. The second-order valence-electron chi connectivity index (χ2n) is 9.38. The van der Waals surface area contributed by atoms with Crippen molar-refractivity contribution < 1.29 is 18.3 Å². The first-order chi connectivity index (χ1) is 12.6. The highest BCUT2D eigenvalue weighted by Crippen LogP contribution is 2.55. The predicted octanol–water partition coefficient (Wildman–Crippen LogP) is 5.41. The molecule has 1 saturated heterocycles. The highest BCUT2D eigenvalue weighted by molar-refractivity contribution is 6.73. The minimum Gasteiger partial charge on any atom is -0.493 e. The molecule has 3 rings (SSSR count). The van der Waals surface area contributed by atoms with E-state index >= 15 is 0 Å². The average molecular weight is 389 g/mol. The van der Waals surface area contributed by atoms with Crippen molar-refractivity contribution in [2.24, 2.45) is 0 Å². The van der Waals surface area contributed by atoms with Crippen molar-refractivity contribution in [3.05, 3.63) is 54.8 Å². The van der Waals surface area contributed by atoms with Crippen LogP contribution in [0.3, 0.4) is 0 Å². The zero-order valence-electron chi connectivity index (χ0n) is 17.3. The van der Waals surface area contributed by atoms with Gasteiger partial charge < -0.3 is 18.3 Å². The smallest absolute Gasteiger partial charge is 0.349 e. The van der Waals surface area contributed by atoms with Crippen molar-refractivity contribution in [3.8, 4) is 0 Å². The van der Waals surface area contributed by atoms with Crippen molar-refractivity contribution in [1.82, 2.24) is 0 Å². The summed E-state index contributed by atoms with van der Waals surface area (Å²) in [5, 5.41) is -0.170. The van der Waals surface area contributed by atoms with Crippen molar-refractivity contribution in [1.29, 1.82) is 0 Å². The molecule has 0 aliphatic carbocycles. The van der Waals surface area contributed by atoms with Crippen molar-refractivity contribution in [3.63, 3.8) is 0 Å². The summed E-state index contributed by atoms with van der Waals surface area (Å²) in [6.45, 7) is 17.9. The lowest BCUT2D eigenvalue weighted by atomic mass is 10.1. The van der Waals surface area contributed by atoms with Gasteiger partial charge >= 0.3 is 8.56 Å². The Hall–Kier alpha value is -1.56. The largest absolute Gasteiger partial charge is 0.493 e. The van der Waals surface area contributed by atoms with Crippen LogP contribution in [-0.4, -0.2) is 33.5 Å². The first-order valence-corrected chi connectivity index (χ1v) is 11.4. The van der Waals surface area contributed by atoms with Gasteiger partial charge in [0.2, 0.25) is 0 Å². The van der Waals surface area contributed by atoms with E-state index in [2.05, 4.69) is 48.1 Å². The Kier molecular flexibility index (Phi) is 5.32. The summed E-state index contributed by atoms with van der Waals surface area (Å²) in [5.74, 6) is 0.639. The first-order valence-electron chi connectivity index (χ1n) is 9.60. The highest BCUT2D eigenvalue weighted by atomic mass is 28.4. The summed E-state index contributed by atoms with van der Waals surface area (Å²) in [7, 11) is -2.59. The van der Waals surface area contributed by atoms with E-state index in [4.69, 9.17) is 18.3 Å². The Morgan fingerprint density at radius 3 is 2.30 bits per heavy atom. The minimum absolute atomic E-state index is 0.0850. The Morgan fingerprint density at radius 2 is 1.70 bits per heavy atom. The number of rotatable bonds is 3. The van der Waals surface area contributed by atoms with Crippen LogP contribution in [0.4, 0.5) is 0 Å². The van der Waals surface area contributed by atoms with Crippen LogP contribution in [0.5, 0.6) is 0 Å². The number of benzene rings is 1. The molecule has 0 N–H and O–H groups in total. The van der Waals surface area contributed by atoms with Crippen LogP contribution in [0.15, 0.2) is 49.2 Å². The average Bonchev–Trinajstić information content (AvgIpc) is 2.60. The van der Waals surface area contributed by atoms with Gasteiger partial charge in [-0.1, -0.05) is 78.5 Å². The molecule has 1 aromatic carbocycles. The van der Waals surface area contributed by atoms with E-state index in [1.165, 1.54) is 0 Å². The zero-order valence-corrected chi connectivity index (χ0v) is 18.3. The van der Waals surface area contributed by atoms with Gasteiger partial charge in [0.25, 0.3) is 0 Å². The summed E-state index contributed by atoms with van der Waals surface area (Å²) in [6, 6.07) is 9.94. The maximum atomic E-state index is 6.83. The summed E-state index contributed by atoms with van der Waals surface area (Å²) in [6.07, 6.45) is 2.98. The van der Waals surface area contributed by atoms with Crippen molar-refractivity contribution in [2.45, 2.75) is 69.9 Å². The number of hydrogen-bond donors (Lipinski definition) is 0. The topological polar surface area (TPSA) is 36.9 Å². The summed E-state index contributed by atoms with van der Waals surface area (Å²) in [4.78, 5) is 0. The van der Waals surface area contributed by atoms with Gasteiger partial charge in [-0.2, -0.15) is 0 Å². The molecule has 1 aromatic rings. The van der Waals surface area contributed by atoms with Gasteiger partial charge in [0.15, 0.2) is 0 Å². The second-order valence-corrected chi connectivity index (χ2v) is 14.1. The fourth-order valence-electron chi connectivity index (χ4n) is 4.20. The number of ether oxygens (including phenoxy) is 2. The van der Waals surface area contributed by atoms with Crippen LogP contribution in [0, 0.1) is 0 Å². The molecule has 0 bridgehead atoms. The van der Waals surface area contributed by atoms with Crippen molar-refractivity contribution >= 4 is 14.3 Å². The van der Waals surface area contributed by atoms with Crippen LogP contribution < -0.4 is 0 Å². The molecule has 0 radical (unpaired) electrons. The molecule has 148 valence electrons. The van der Waals surface area contributed by atoms with E-state index in [0.717, 1.165) is 5.56 Å². The van der Waals surface area contributed by atoms with Gasteiger partial charge in [-0.05, 0) is 6.08 Å². The maximum absolute atomic E-state index is 6.83. The molecular weight excluding hydrogens is 356 g/mol.